The molecule has 1 aliphatic rings. The van der Waals surface area contributed by atoms with Crippen molar-refractivity contribution < 1.29 is 4.79 Å². The number of carbonyl (C=O) groups excluding carboxylic acids is 1. The predicted octanol–water partition coefficient (Wildman–Crippen LogP) is 4.47. The summed E-state index contributed by atoms with van der Waals surface area (Å²) in [6.45, 7) is 4.32. The number of carbonyl (C=O) groups is 1. The van der Waals surface area contributed by atoms with E-state index >= 15 is 0 Å². The summed E-state index contributed by atoms with van der Waals surface area (Å²) in [6.07, 6.45) is 6.24. The SMILES string of the molecule is CC1CCN(C(=O)Cn2c(/C=C/c3ccccc3)nc3ccccc32)CC1. The molecule has 2 heterocycles. The molecule has 0 aliphatic carbocycles. The first kappa shape index (κ1) is 17.5. The molecule has 4 heteroatoms. The molecule has 4 nitrogen and oxygen atoms in total. The van der Waals surface area contributed by atoms with E-state index in [9.17, 15) is 4.79 Å². The zero-order valence-electron chi connectivity index (χ0n) is 15.7. The van der Waals surface area contributed by atoms with Crippen LogP contribution in [0.2, 0.25) is 0 Å². The van der Waals surface area contributed by atoms with Crippen LogP contribution in [0.4, 0.5) is 0 Å². The number of rotatable bonds is 4. The number of para-hydroxylation sites is 2. The molecule has 0 bridgehead atoms. The molecule has 1 amide bonds. The van der Waals surface area contributed by atoms with Gasteiger partial charge in [0.25, 0.3) is 0 Å². The van der Waals surface area contributed by atoms with E-state index in [1.165, 1.54) is 0 Å². The lowest BCUT2D eigenvalue weighted by Crippen LogP contribution is -2.39. The third-order valence-electron chi connectivity index (χ3n) is 5.34. The van der Waals surface area contributed by atoms with Crippen LogP contribution in [0.25, 0.3) is 23.2 Å². The van der Waals surface area contributed by atoms with Gasteiger partial charge in [-0.2, -0.15) is 0 Å². The van der Waals surface area contributed by atoms with Crippen LogP contribution in [0.3, 0.4) is 0 Å². The third kappa shape index (κ3) is 3.95. The first-order chi connectivity index (χ1) is 13.2. The number of aromatic nitrogens is 2. The van der Waals surface area contributed by atoms with Gasteiger partial charge in [-0.3, -0.25) is 4.79 Å². The largest absolute Gasteiger partial charge is 0.341 e. The Kier molecular flexibility index (Phi) is 5.05. The molecule has 138 valence electrons. The lowest BCUT2D eigenvalue weighted by Gasteiger charge is -2.30. The van der Waals surface area contributed by atoms with Crippen molar-refractivity contribution in [1.82, 2.24) is 14.5 Å². The number of likely N-dealkylation sites (tertiary alicyclic amines) is 1. The molecule has 0 saturated carbocycles. The number of amides is 1. The summed E-state index contributed by atoms with van der Waals surface area (Å²) < 4.78 is 2.04. The van der Waals surface area contributed by atoms with Gasteiger partial charge in [0.1, 0.15) is 12.4 Å². The number of piperidine rings is 1. The molecule has 1 aromatic heterocycles. The van der Waals surface area contributed by atoms with Gasteiger partial charge in [-0.25, -0.2) is 4.98 Å². The monoisotopic (exact) mass is 359 g/mol. The lowest BCUT2D eigenvalue weighted by molar-refractivity contribution is -0.133. The van der Waals surface area contributed by atoms with Gasteiger partial charge in [-0.05, 0) is 42.5 Å². The van der Waals surface area contributed by atoms with Gasteiger partial charge in [0.05, 0.1) is 11.0 Å². The summed E-state index contributed by atoms with van der Waals surface area (Å²) in [7, 11) is 0. The zero-order chi connectivity index (χ0) is 18.6. The Hall–Kier alpha value is -2.88. The smallest absolute Gasteiger partial charge is 0.242 e. The van der Waals surface area contributed by atoms with Gasteiger partial charge >= 0.3 is 0 Å². The van der Waals surface area contributed by atoms with E-state index in [1.807, 2.05) is 64.1 Å². The summed E-state index contributed by atoms with van der Waals surface area (Å²) in [4.78, 5) is 19.6. The maximum atomic E-state index is 12.9. The minimum absolute atomic E-state index is 0.180. The second-order valence-electron chi connectivity index (χ2n) is 7.35. The van der Waals surface area contributed by atoms with Crippen molar-refractivity contribution in [1.29, 1.82) is 0 Å². The molecule has 0 unspecified atom stereocenters. The molecule has 2 aromatic carbocycles. The van der Waals surface area contributed by atoms with Gasteiger partial charge < -0.3 is 9.47 Å². The first-order valence-electron chi connectivity index (χ1n) is 9.67. The summed E-state index contributed by atoms with van der Waals surface area (Å²) >= 11 is 0. The maximum absolute atomic E-state index is 12.9. The van der Waals surface area contributed by atoms with Crippen molar-refractivity contribution in [3.05, 3.63) is 66.0 Å². The Morgan fingerprint density at radius 3 is 2.52 bits per heavy atom. The van der Waals surface area contributed by atoms with Gasteiger partial charge in [0.2, 0.25) is 5.91 Å². The molecule has 0 radical (unpaired) electrons. The van der Waals surface area contributed by atoms with Crippen LogP contribution in [0.5, 0.6) is 0 Å². The normalized spacial score (nSPS) is 15.7. The molecule has 1 aliphatic heterocycles. The molecular weight excluding hydrogens is 334 g/mol. The molecule has 3 aromatic rings. The minimum atomic E-state index is 0.180. The van der Waals surface area contributed by atoms with Crippen LogP contribution >= 0.6 is 0 Å². The van der Waals surface area contributed by atoms with E-state index in [0.717, 1.165) is 48.4 Å². The van der Waals surface area contributed by atoms with Gasteiger partial charge in [-0.1, -0.05) is 55.5 Å². The Morgan fingerprint density at radius 2 is 1.74 bits per heavy atom. The highest BCUT2D eigenvalue weighted by molar-refractivity contribution is 5.83. The molecule has 1 fully saturated rings. The predicted molar refractivity (Wildman–Crippen MR) is 110 cm³/mol. The number of benzene rings is 2. The van der Waals surface area contributed by atoms with Crippen LogP contribution < -0.4 is 0 Å². The zero-order valence-corrected chi connectivity index (χ0v) is 15.7. The molecule has 0 atom stereocenters. The van der Waals surface area contributed by atoms with Crippen molar-refractivity contribution in [3.8, 4) is 0 Å². The van der Waals surface area contributed by atoms with Gasteiger partial charge in [0.15, 0.2) is 0 Å². The molecule has 4 rings (SSSR count). The minimum Gasteiger partial charge on any atom is -0.341 e. The van der Waals surface area contributed by atoms with Gasteiger partial charge in [0, 0.05) is 13.1 Å². The van der Waals surface area contributed by atoms with Crippen molar-refractivity contribution in [2.45, 2.75) is 26.3 Å². The van der Waals surface area contributed by atoms with Crippen molar-refractivity contribution in [3.63, 3.8) is 0 Å². The molecule has 0 N–H and O–H groups in total. The highest BCUT2D eigenvalue weighted by Crippen LogP contribution is 2.20. The number of fused-ring (bicyclic) bond motifs is 1. The summed E-state index contributed by atoms with van der Waals surface area (Å²) in [5, 5.41) is 0. The first-order valence-corrected chi connectivity index (χ1v) is 9.67. The number of hydrogen-bond acceptors (Lipinski definition) is 2. The lowest BCUT2D eigenvalue weighted by atomic mass is 9.99. The molecular formula is C23H25N3O. The highest BCUT2D eigenvalue weighted by Gasteiger charge is 2.21. The van der Waals surface area contributed by atoms with Crippen molar-refractivity contribution >= 4 is 29.1 Å². The third-order valence-corrected chi connectivity index (χ3v) is 5.34. The van der Waals surface area contributed by atoms with E-state index in [4.69, 9.17) is 4.98 Å². The highest BCUT2D eigenvalue weighted by atomic mass is 16.2. The van der Waals surface area contributed by atoms with Crippen LogP contribution in [0, 0.1) is 5.92 Å². The molecule has 27 heavy (non-hydrogen) atoms. The van der Waals surface area contributed by atoms with Crippen molar-refractivity contribution in [2.24, 2.45) is 5.92 Å². The second-order valence-corrected chi connectivity index (χ2v) is 7.35. The fourth-order valence-corrected chi connectivity index (χ4v) is 3.62. The summed E-state index contributed by atoms with van der Waals surface area (Å²) in [5.41, 5.74) is 3.04. The average Bonchev–Trinajstić information content (AvgIpc) is 3.05. The summed E-state index contributed by atoms with van der Waals surface area (Å²) in [5.74, 6) is 1.71. The fourth-order valence-electron chi connectivity index (χ4n) is 3.62. The van der Waals surface area contributed by atoms with Crippen LogP contribution in [0.15, 0.2) is 54.6 Å². The Balaban J connectivity index is 1.62. The standard InChI is InChI=1S/C23H25N3O/c1-18-13-15-25(16-14-18)23(27)17-26-21-10-6-5-9-20(21)24-22(26)12-11-19-7-3-2-4-8-19/h2-12,18H,13-17H2,1H3/b12-11+. The molecule has 0 spiro atoms. The van der Waals surface area contributed by atoms with Crippen LogP contribution in [-0.4, -0.2) is 33.4 Å². The van der Waals surface area contributed by atoms with E-state index in [2.05, 4.69) is 19.1 Å². The molecule has 1 saturated heterocycles. The van der Waals surface area contributed by atoms with E-state index in [-0.39, 0.29) is 5.91 Å². The second kappa shape index (κ2) is 7.78. The maximum Gasteiger partial charge on any atom is 0.242 e. The fraction of sp³-hybridized carbons (Fsp3) is 0.304. The Labute approximate surface area is 160 Å². The van der Waals surface area contributed by atoms with Crippen LogP contribution in [-0.2, 0) is 11.3 Å². The number of hydrogen-bond donors (Lipinski definition) is 0. The topological polar surface area (TPSA) is 38.1 Å². The quantitative estimate of drug-likeness (QED) is 0.689. The van der Waals surface area contributed by atoms with E-state index in [0.29, 0.717) is 12.5 Å². The Bertz CT molecular complexity index is 950. The number of imidazole rings is 1. The van der Waals surface area contributed by atoms with Crippen molar-refractivity contribution in [2.75, 3.05) is 13.1 Å². The van der Waals surface area contributed by atoms with Crippen LogP contribution in [0.1, 0.15) is 31.2 Å². The van der Waals surface area contributed by atoms with Gasteiger partial charge in [-0.15, -0.1) is 0 Å². The average molecular weight is 359 g/mol. The van der Waals surface area contributed by atoms with E-state index < -0.39 is 0 Å². The number of nitrogens with zero attached hydrogens (tertiary/aromatic N) is 3. The van der Waals surface area contributed by atoms with E-state index in [1.54, 1.807) is 0 Å². The Morgan fingerprint density at radius 1 is 1.04 bits per heavy atom. The summed E-state index contributed by atoms with van der Waals surface area (Å²) in [6, 6.07) is 18.2.